The van der Waals surface area contributed by atoms with Gasteiger partial charge < -0.3 is 15.2 Å². The van der Waals surface area contributed by atoms with E-state index in [1.165, 1.54) is 6.20 Å². The van der Waals surface area contributed by atoms with Crippen molar-refractivity contribution in [2.24, 2.45) is 0 Å². The van der Waals surface area contributed by atoms with Crippen molar-refractivity contribution >= 4 is 5.91 Å². The topological polar surface area (TPSA) is 71.5 Å². The Morgan fingerprint density at radius 1 is 1.65 bits per heavy atom. The largest absolute Gasteiger partial charge is 0.390 e. The SMILES string of the molecule is O=C(NCC1CCCO1)c1ccnc(CO)c1. The number of aromatic nitrogens is 1. The third-order valence-corrected chi connectivity index (χ3v) is 2.76. The quantitative estimate of drug-likeness (QED) is 0.797. The normalized spacial score (nSPS) is 19.2. The number of amides is 1. The Hall–Kier alpha value is -1.46. The Kier molecular flexibility index (Phi) is 4.06. The van der Waals surface area contributed by atoms with Gasteiger partial charge in [-0.15, -0.1) is 0 Å². The van der Waals surface area contributed by atoms with Crippen LogP contribution in [-0.2, 0) is 11.3 Å². The van der Waals surface area contributed by atoms with Gasteiger partial charge in [0.2, 0.25) is 0 Å². The monoisotopic (exact) mass is 236 g/mol. The highest BCUT2D eigenvalue weighted by atomic mass is 16.5. The van der Waals surface area contributed by atoms with Gasteiger partial charge in [0.25, 0.3) is 5.91 Å². The number of hydrogen-bond acceptors (Lipinski definition) is 4. The van der Waals surface area contributed by atoms with Crippen molar-refractivity contribution < 1.29 is 14.6 Å². The van der Waals surface area contributed by atoms with Gasteiger partial charge in [0.1, 0.15) is 0 Å². The fourth-order valence-electron chi connectivity index (χ4n) is 1.82. The Morgan fingerprint density at radius 2 is 2.53 bits per heavy atom. The number of nitrogens with one attached hydrogen (secondary N) is 1. The zero-order chi connectivity index (χ0) is 12.1. The molecule has 1 aliphatic heterocycles. The van der Waals surface area contributed by atoms with Gasteiger partial charge in [0, 0.05) is 24.9 Å². The molecule has 5 nitrogen and oxygen atoms in total. The predicted octanol–water partition coefficient (Wildman–Crippen LogP) is 0.483. The zero-order valence-electron chi connectivity index (χ0n) is 9.56. The minimum absolute atomic E-state index is 0.137. The number of pyridine rings is 1. The fourth-order valence-corrected chi connectivity index (χ4v) is 1.82. The molecule has 2 N–H and O–H groups in total. The lowest BCUT2D eigenvalue weighted by molar-refractivity contribution is 0.0857. The molecule has 17 heavy (non-hydrogen) atoms. The van der Waals surface area contributed by atoms with E-state index in [9.17, 15) is 4.79 Å². The smallest absolute Gasteiger partial charge is 0.251 e. The Balaban J connectivity index is 1.89. The van der Waals surface area contributed by atoms with Gasteiger partial charge in [-0.25, -0.2) is 0 Å². The Labute approximate surface area is 99.8 Å². The lowest BCUT2D eigenvalue weighted by atomic mass is 10.2. The molecule has 1 fully saturated rings. The summed E-state index contributed by atoms with van der Waals surface area (Å²) < 4.78 is 5.42. The van der Waals surface area contributed by atoms with Crippen LogP contribution in [0, 0.1) is 0 Å². The lowest BCUT2D eigenvalue weighted by Crippen LogP contribution is -2.31. The number of aliphatic hydroxyl groups excluding tert-OH is 1. The van der Waals surface area contributed by atoms with Crippen molar-refractivity contribution in [1.82, 2.24) is 10.3 Å². The van der Waals surface area contributed by atoms with Gasteiger partial charge in [-0.2, -0.15) is 0 Å². The molecule has 92 valence electrons. The van der Waals surface area contributed by atoms with Gasteiger partial charge in [0.15, 0.2) is 0 Å². The Bertz CT molecular complexity index is 389. The summed E-state index contributed by atoms with van der Waals surface area (Å²) in [7, 11) is 0. The molecule has 1 unspecified atom stereocenters. The maximum absolute atomic E-state index is 11.8. The van der Waals surface area contributed by atoms with Crippen LogP contribution in [-0.4, -0.2) is 35.3 Å². The minimum Gasteiger partial charge on any atom is -0.390 e. The van der Waals surface area contributed by atoms with Crippen molar-refractivity contribution in [3.63, 3.8) is 0 Å². The number of hydrogen-bond donors (Lipinski definition) is 2. The molecule has 0 spiro atoms. The molecular formula is C12H16N2O3. The van der Waals surface area contributed by atoms with Crippen molar-refractivity contribution in [2.45, 2.75) is 25.6 Å². The molecule has 2 rings (SSSR count). The van der Waals surface area contributed by atoms with E-state index in [0.29, 0.717) is 17.8 Å². The molecule has 1 atom stereocenters. The van der Waals surface area contributed by atoms with Gasteiger partial charge in [0.05, 0.1) is 18.4 Å². The fraction of sp³-hybridized carbons (Fsp3) is 0.500. The average molecular weight is 236 g/mol. The van der Waals surface area contributed by atoms with Gasteiger partial charge >= 0.3 is 0 Å². The van der Waals surface area contributed by atoms with Crippen LogP contribution in [0.5, 0.6) is 0 Å². The van der Waals surface area contributed by atoms with Gasteiger partial charge in [-0.1, -0.05) is 0 Å². The molecule has 1 aromatic heterocycles. The summed E-state index contributed by atoms with van der Waals surface area (Å²) in [6.07, 6.45) is 3.72. The molecule has 0 saturated carbocycles. The summed E-state index contributed by atoms with van der Waals surface area (Å²) in [5.74, 6) is -0.155. The summed E-state index contributed by atoms with van der Waals surface area (Å²) in [6, 6.07) is 3.22. The molecule has 1 aliphatic rings. The van der Waals surface area contributed by atoms with Crippen LogP contribution in [0.2, 0.25) is 0 Å². The second-order valence-corrected chi connectivity index (χ2v) is 4.04. The molecule has 1 amide bonds. The third kappa shape index (κ3) is 3.25. The average Bonchev–Trinajstić information content (AvgIpc) is 2.89. The highest BCUT2D eigenvalue weighted by molar-refractivity contribution is 5.94. The first-order valence-corrected chi connectivity index (χ1v) is 5.75. The van der Waals surface area contributed by atoms with Gasteiger partial charge in [-0.3, -0.25) is 9.78 Å². The van der Waals surface area contributed by atoms with Crippen LogP contribution in [0.4, 0.5) is 0 Å². The predicted molar refractivity (Wildman–Crippen MR) is 61.5 cm³/mol. The molecule has 2 heterocycles. The first-order chi connectivity index (χ1) is 8.29. The van der Waals surface area contributed by atoms with Crippen molar-refractivity contribution in [2.75, 3.05) is 13.2 Å². The number of carbonyl (C=O) groups excluding carboxylic acids is 1. The number of nitrogens with zero attached hydrogens (tertiary/aromatic N) is 1. The summed E-state index contributed by atoms with van der Waals surface area (Å²) in [5.41, 5.74) is 1.01. The van der Waals surface area contributed by atoms with E-state index in [1.807, 2.05) is 0 Å². The van der Waals surface area contributed by atoms with Crippen molar-refractivity contribution in [1.29, 1.82) is 0 Å². The molecule has 0 aromatic carbocycles. The molecule has 0 bridgehead atoms. The van der Waals surface area contributed by atoms with Crippen LogP contribution < -0.4 is 5.32 Å². The summed E-state index contributed by atoms with van der Waals surface area (Å²) in [5, 5.41) is 11.8. The summed E-state index contributed by atoms with van der Waals surface area (Å²) in [6.45, 7) is 1.16. The van der Waals surface area contributed by atoms with Crippen LogP contribution in [0.25, 0.3) is 0 Å². The molecule has 0 aliphatic carbocycles. The van der Waals surface area contributed by atoms with Crippen LogP contribution >= 0.6 is 0 Å². The summed E-state index contributed by atoms with van der Waals surface area (Å²) >= 11 is 0. The number of rotatable bonds is 4. The van der Waals surface area contributed by atoms with E-state index in [0.717, 1.165) is 19.4 Å². The highest BCUT2D eigenvalue weighted by Gasteiger charge is 2.16. The van der Waals surface area contributed by atoms with E-state index >= 15 is 0 Å². The molecule has 0 radical (unpaired) electrons. The van der Waals surface area contributed by atoms with Crippen molar-refractivity contribution in [3.8, 4) is 0 Å². The number of ether oxygens (including phenoxy) is 1. The lowest BCUT2D eigenvalue weighted by Gasteiger charge is -2.10. The molecule has 1 saturated heterocycles. The van der Waals surface area contributed by atoms with E-state index in [2.05, 4.69) is 10.3 Å². The van der Waals surface area contributed by atoms with E-state index in [4.69, 9.17) is 9.84 Å². The Morgan fingerprint density at radius 3 is 3.24 bits per heavy atom. The van der Waals surface area contributed by atoms with E-state index in [1.54, 1.807) is 12.1 Å². The van der Waals surface area contributed by atoms with Crippen LogP contribution in [0.1, 0.15) is 28.9 Å². The molecule has 1 aromatic rings. The summed E-state index contributed by atoms with van der Waals surface area (Å²) in [4.78, 5) is 15.7. The second kappa shape index (κ2) is 5.75. The van der Waals surface area contributed by atoms with Crippen molar-refractivity contribution in [3.05, 3.63) is 29.6 Å². The van der Waals surface area contributed by atoms with E-state index in [-0.39, 0.29) is 18.6 Å². The van der Waals surface area contributed by atoms with Gasteiger partial charge in [-0.05, 0) is 25.0 Å². The zero-order valence-corrected chi connectivity index (χ0v) is 9.56. The molecular weight excluding hydrogens is 220 g/mol. The first-order valence-electron chi connectivity index (χ1n) is 5.75. The van der Waals surface area contributed by atoms with Crippen LogP contribution in [0.3, 0.4) is 0 Å². The third-order valence-electron chi connectivity index (χ3n) is 2.76. The maximum atomic E-state index is 11.8. The highest BCUT2D eigenvalue weighted by Crippen LogP contribution is 2.11. The standard InChI is InChI=1S/C12H16N2O3/c15-8-10-6-9(3-4-13-10)12(16)14-7-11-2-1-5-17-11/h3-4,6,11,15H,1-2,5,7-8H2,(H,14,16). The second-order valence-electron chi connectivity index (χ2n) is 4.04. The maximum Gasteiger partial charge on any atom is 0.251 e. The number of carbonyl (C=O) groups is 1. The number of aliphatic hydroxyl groups is 1. The van der Waals surface area contributed by atoms with E-state index < -0.39 is 0 Å². The minimum atomic E-state index is -0.160. The van der Waals surface area contributed by atoms with Crippen LogP contribution in [0.15, 0.2) is 18.3 Å². The molecule has 5 heteroatoms. The first kappa shape index (κ1) is 12.0.